The van der Waals surface area contributed by atoms with E-state index in [1.165, 1.54) is 0 Å². The average Bonchev–Trinajstić information content (AvgIpc) is 3.02. The number of hydrogen-bond donors (Lipinski definition) is 2. The third-order valence-corrected chi connectivity index (χ3v) is 5.78. The fourth-order valence-corrected chi connectivity index (χ4v) is 4.28. The van der Waals surface area contributed by atoms with E-state index in [0.29, 0.717) is 18.0 Å². The van der Waals surface area contributed by atoms with E-state index in [-0.39, 0.29) is 5.54 Å². The second kappa shape index (κ2) is 6.57. The molecule has 124 valence electrons. The van der Waals surface area contributed by atoms with Gasteiger partial charge in [0, 0.05) is 13.7 Å². The Balaban J connectivity index is 1.80. The summed E-state index contributed by atoms with van der Waals surface area (Å²) in [6.45, 7) is 1.71. The van der Waals surface area contributed by atoms with Crippen LogP contribution in [0.4, 0.5) is 0 Å². The van der Waals surface area contributed by atoms with E-state index in [0.717, 1.165) is 30.2 Å². The van der Waals surface area contributed by atoms with Gasteiger partial charge in [0.25, 0.3) is 0 Å². The molecule has 0 bridgehead atoms. The monoisotopic (exact) mass is 334 g/mol. The van der Waals surface area contributed by atoms with Gasteiger partial charge in [-0.3, -0.25) is 0 Å². The van der Waals surface area contributed by atoms with Gasteiger partial charge < -0.3 is 10.1 Å². The Morgan fingerprint density at radius 3 is 2.70 bits per heavy atom. The van der Waals surface area contributed by atoms with Crippen molar-refractivity contribution in [1.82, 2.24) is 10.0 Å². The maximum Gasteiger partial charge on any atom is 0.240 e. The van der Waals surface area contributed by atoms with Gasteiger partial charge in [-0.05, 0) is 42.3 Å². The summed E-state index contributed by atoms with van der Waals surface area (Å²) in [6.07, 6.45) is 1.93. The van der Waals surface area contributed by atoms with E-state index < -0.39 is 10.0 Å². The lowest BCUT2D eigenvalue weighted by molar-refractivity contribution is 0.122. The van der Waals surface area contributed by atoms with Crippen LogP contribution in [0.25, 0.3) is 10.8 Å². The Morgan fingerprint density at radius 2 is 2.00 bits per heavy atom. The molecule has 0 amide bonds. The van der Waals surface area contributed by atoms with Crippen LogP contribution in [0.2, 0.25) is 0 Å². The lowest BCUT2D eigenvalue weighted by atomic mass is 9.99. The largest absolute Gasteiger partial charge is 0.383 e. The van der Waals surface area contributed by atoms with E-state index in [9.17, 15) is 8.42 Å². The van der Waals surface area contributed by atoms with Gasteiger partial charge in [-0.25, -0.2) is 13.1 Å². The first-order valence-corrected chi connectivity index (χ1v) is 9.25. The maximum absolute atomic E-state index is 12.6. The number of hydrogen-bond acceptors (Lipinski definition) is 4. The number of methoxy groups -OCH3 is 1. The Hall–Kier alpha value is -1.47. The SMILES string of the molecule is COCC1(CNS(=O)(=O)c2ccc3ccccc3c2)CCCN1. The van der Waals surface area contributed by atoms with Crippen LogP contribution in [0.15, 0.2) is 47.4 Å². The van der Waals surface area contributed by atoms with Gasteiger partial charge in [0.15, 0.2) is 0 Å². The molecule has 1 aliphatic heterocycles. The summed E-state index contributed by atoms with van der Waals surface area (Å²) in [4.78, 5) is 0.293. The molecule has 1 heterocycles. The van der Waals surface area contributed by atoms with Crippen molar-refractivity contribution in [2.75, 3.05) is 26.8 Å². The maximum atomic E-state index is 12.6. The normalized spacial score (nSPS) is 21.8. The lowest BCUT2D eigenvalue weighted by Gasteiger charge is -2.28. The topological polar surface area (TPSA) is 67.4 Å². The van der Waals surface area contributed by atoms with Gasteiger partial charge >= 0.3 is 0 Å². The molecule has 2 aromatic carbocycles. The molecule has 0 spiro atoms. The number of sulfonamides is 1. The highest BCUT2D eigenvalue weighted by molar-refractivity contribution is 7.89. The fraction of sp³-hybridized carbons (Fsp3) is 0.412. The predicted octanol–water partition coefficient (Wildman–Crippen LogP) is 1.89. The van der Waals surface area contributed by atoms with E-state index in [1.54, 1.807) is 19.2 Å². The molecule has 3 rings (SSSR count). The zero-order valence-electron chi connectivity index (χ0n) is 13.2. The van der Waals surface area contributed by atoms with Crippen molar-refractivity contribution in [2.45, 2.75) is 23.3 Å². The first-order chi connectivity index (χ1) is 11.0. The zero-order chi connectivity index (χ0) is 16.3. The minimum absolute atomic E-state index is 0.293. The van der Waals surface area contributed by atoms with E-state index >= 15 is 0 Å². The minimum atomic E-state index is -3.54. The van der Waals surface area contributed by atoms with Crippen molar-refractivity contribution in [3.63, 3.8) is 0 Å². The van der Waals surface area contributed by atoms with E-state index in [4.69, 9.17) is 4.74 Å². The Bertz CT molecular complexity index is 783. The molecule has 2 N–H and O–H groups in total. The fourth-order valence-electron chi connectivity index (χ4n) is 3.12. The van der Waals surface area contributed by atoms with Crippen molar-refractivity contribution < 1.29 is 13.2 Å². The van der Waals surface area contributed by atoms with Crippen molar-refractivity contribution in [3.05, 3.63) is 42.5 Å². The van der Waals surface area contributed by atoms with Crippen LogP contribution >= 0.6 is 0 Å². The number of rotatable bonds is 6. The van der Waals surface area contributed by atoms with Gasteiger partial charge in [-0.1, -0.05) is 30.3 Å². The molecule has 0 aromatic heterocycles. The van der Waals surface area contributed by atoms with Gasteiger partial charge in [0.2, 0.25) is 10.0 Å². The van der Waals surface area contributed by atoms with Crippen LogP contribution in [0.1, 0.15) is 12.8 Å². The number of fused-ring (bicyclic) bond motifs is 1. The minimum Gasteiger partial charge on any atom is -0.383 e. The van der Waals surface area contributed by atoms with E-state index in [2.05, 4.69) is 10.0 Å². The number of ether oxygens (including phenoxy) is 1. The van der Waals surface area contributed by atoms with Crippen molar-refractivity contribution >= 4 is 20.8 Å². The molecule has 6 heteroatoms. The summed E-state index contributed by atoms with van der Waals surface area (Å²) in [7, 11) is -1.90. The Morgan fingerprint density at radius 1 is 1.22 bits per heavy atom. The number of nitrogens with one attached hydrogen (secondary N) is 2. The molecule has 1 aliphatic rings. The van der Waals surface area contributed by atoms with Gasteiger partial charge in [0.1, 0.15) is 0 Å². The first-order valence-electron chi connectivity index (χ1n) is 7.77. The third kappa shape index (κ3) is 3.55. The van der Waals surface area contributed by atoms with Gasteiger partial charge in [-0.2, -0.15) is 0 Å². The molecule has 2 aromatic rings. The summed E-state index contributed by atoms with van der Waals surface area (Å²) in [6, 6.07) is 12.9. The Labute approximate surface area is 137 Å². The molecule has 0 radical (unpaired) electrons. The van der Waals surface area contributed by atoms with Crippen LogP contribution in [-0.4, -0.2) is 40.8 Å². The molecule has 1 atom stereocenters. The number of benzene rings is 2. The van der Waals surface area contributed by atoms with Gasteiger partial charge in [-0.15, -0.1) is 0 Å². The average molecular weight is 334 g/mol. The molecular weight excluding hydrogens is 312 g/mol. The van der Waals surface area contributed by atoms with Gasteiger partial charge in [0.05, 0.1) is 17.0 Å². The molecular formula is C17H22N2O3S. The highest BCUT2D eigenvalue weighted by Crippen LogP contribution is 2.22. The molecule has 1 unspecified atom stereocenters. The smallest absolute Gasteiger partial charge is 0.240 e. The molecule has 23 heavy (non-hydrogen) atoms. The molecule has 1 fully saturated rings. The van der Waals surface area contributed by atoms with E-state index in [1.807, 2.05) is 30.3 Å². The van der Waals surface area contributed by atoms with Crippen LogP contribution in [0.3, 0.4) is 0 Å². The van der Waals surface area contributed by atoms with Crippen LogP contribution in [0.5, 0.6) is 0 Å². The van der Waals surface area contributed by atoms with Crippen molar-refractivity contribution in [2.24, 2.45) is 0 Å². The van der Waals surface area contributed by atoms with Crippen LogP contribution in [-0.2, 0) is 14.8 Å². The molecule has 5 nitrogen and oxygen atoms in total. The molecule has 0 saturated carbocycles. The summed E-state index contributed by atoms with van der Waals surface area (Å²) in [5.74, 6) is 0. The van der Waals surface area contributed by atoms with Crippen molar-refractivity contribution in [1.29, 1.82) is 0 Å². The first kappa shape index (κ1) is 16.4. The summed E-state index contributed by atoms with van der Waals surface area (Å²) >= 11 is 0. The standard InChI is InChI=1S/C17H22N2O3S/c1-22-13-17(9-4-10-18-17)12-19-23(20,21)16-8-7-14-5-2-3-6-15(14)11-16/h2-3,5-8,11,18-19H,4,9-10,12-13H2,1H3. The Kier molecular flexibility index (Phi) is 4.68. The highest BCUT2D eigenvalue weighted by Gasteiger charge is 2.34. The summed E-state index contributed by atoms with van der Waals surface area (Å²) in [5, 5.41) is 5.32. The quantitative estimate of drug-likeness (QED) is 0.846. The van der Waals surface area contributed by atoms with Crippen LogP contribution < -0.4 is 10.0 Å². The molecule has 1 saturated heterocycles. The van der Waals surface area contributed by atoms with Crippen LogP contribution in [0, 0.1) is 0 Å². The zero-order valence-corrected chi connectivity index (χ0v) is 14.0. The summed E-state index contributed by atoms with van der Waals surface area (Å²) < 4.78 is 33.2. The second-order valence-electron chi connectivity index (χ2n) is 6.08. The second-order valence-corrected chi connectivity index (χ2v) is 7.84. The third-order valence-electron chi connectivity index (χ3n) is 4.38. The predicted molar refractivity (Wildman–Crippen MR) is 91.0 cm³/mol. The summed E-state index contributed by atoms with van der Waals surface area (Å²) in [5.41, 5.74) is -0.307. The highest BCUT2D eigenvalue weighted by atomic mass is 32.2. The lowest BCUT2D eigenvalue weighted by Crippen LogP contribution is -2.52. The molecule has 0 aliphatic carbocycles. The van der Waals surface area contributed by atoms with Crippen molar-refractivity contribution in [3.8, 4) is 0 Å².